The average Bonchev–Trinajstić information content (AvgIpc) is 2.06. The minimum Gasteiger partial charge on any atom is -0.480 e. The van der Waals surface area contributed by atoms with E-state index in [2.05, 4.69) is 9.97 Å². The van der Waals surface area contributed by atoms with Crippen LogP contribution in [0.15, 0.2) is 18.6 Å². The van der Waals surface area contributed by atoms with Crippen molar-refractivity contribution in [1.29, 1.82) is 0 Å². The monoisotopic (exact) mass is 239 g/mol. The largest absolute Gasteiger partial charge is 0.480 e. The third kappa shape index (κ3) is 4.96. The molecule has 0 bridgehead atoms. The number of hydrogen-bond acceptors (Lipinski definition) is 4. The van der Waals surface area contributed by atoms with E-state index in [1.165, 1.54) is 18.6 Å². The summed E-state index contributed by atoms with van der Waals surface area (Å²) in [6.45, 7) is 0. The van der Waals surface area contributed by atoms with Crippen LogP contribution in [0.4, 0.5) is 0 Å². The minimum atomic E-state index is -1.03. The van der Waals surface area contributed by atoms with E-state index in [9.17, 15) is 4.79 Å². The van der Waals surface area contributed by atoms with E-state index in [4.69, 9.17) is 10.8 Å². The van der Waals surface area contributed by atoms with Crippen molar-refractivity contribution >= 4 is 30.8 Å². The Labute approximate surface area is 93.6 Å². The van der Waals surface area contributed by atoms with Crippen LogP contribution in [-0.4, -0.2) is 27.1 Å². The maximum Gasteiger partial charge on any atom is 0.320 e. The van der Waals surface area contributed by atoms with E-state index < -0.39 is 12.0 Å². The summed E-state index contributed by atoms with van der Waals surface area (Å²) in [5, 5.41) is 8.47. The Kier molecular flexibility index (Phi) is 8.32. The highest BCUT2D eigenvalue weighted by Gasteiger charge is 2.12. The summed E-state index contributed by atoms with van der Waals surface area (Å²) in [5.74, 6) is -1.03. The first kappa shape index (κ1) is 15.6. The molecule has 1 aromatic rings. The van der Waals surface area contributed by atoms with Crippen molar-refractivity contribution in [2.45, 2.75) is 12.5 Å². The summed E-state index contributed by atoms with van der Waals surface area (Å²) < 4.78 is 0. The molecule has 7 heteroatoms. The van der Waals surface area contributed by atoms with Gasteiger partial charge in [-0.25, -0.2) is 0 Å². The molecule has 0 aliphatic carbocycles. The van der Waals surface area contributed by atoms with Gasteiger partial charge in [0.15, 0.2) is 0 Å². The Morgan fingerprint density at radius 1 is 1.50 bits per heavy atom. The summed E-state index contributed by atoms with van der Waals surface area (Å²) in [5.41, 5.74) is 5.87. The van der Waals surface area contributed by atoms with Gasteiger partial charge in [0.1, 0.15) is 6.04 Å². The van der Waals surface area contributed by atoms with Crippen molar-refractivity contribution in [1.82, 2.24) is 9.97 Å². The molecule has 5 nitrogen and oxygen atoms in total. The summed E-state index contributed by atoms with van der Waals surface area (Å²) in [4.78, 5) is 18.0. The van der Waals surface area contributed by atoms with Gasteiger partial charge in [0.05, 0.1) is 5.69 Å². The summed E-state index contributed by atoms with van der Waals surface area (Å²) >= 11 is 0. The van der Waals surface area contributed by atoms with Crippen molar-refractivity contribution in [2.75, 3.05) is 0 Å². The van der Waals surface area contributed by atoms with Crippen molar-refractivity contribution in [3.8, 4) is 0 Å². The SMILES string of the molecule is Cl.Cl.N[C@@H](Cc1cnccn1)C(=O)O. The Bertz CT molecular complexity index is 271. The first-order chi connectivity index (χ1) is 5.70. The van der Waals surface area contributed by atoms with Gasteiger partial charge in [0.25, 0.3) is 0 Å². The molecule has 1 aromatic heterocycles. The molecule has 0 radical (unpaired) electrons. The lowest BCUT2D eigenvalue weighted by Crippen LogP contribution is -2.32. The zero-order valence-corrected chi connectivity index (χ0v) is 8.79. The highest BCUT2D eigenvalue weighted by molar-refractivity contribution is 5.85. The number of rotatable bonds is 3. The molecule has 3 N–H and O–H groups in total. The molecular weight excluding hydrogens is 229 g/mol. The molecule has 1 atom stereocenters. The highest BCUT2D eigenvalue weighted by Crippen LogP contribution is 1.94. The maximum atomic E-state index is 10.3. The summed E-state index contributed by atoms with van der Waals surface area (Å²) in [7, 11) is 0. The first-order valence-corrected chi connectivity index (χ1v) is 3.43. The Balaban J connectivity index is 0. The average molecular weight is 240 g/mol. The number of aromatic nitrogens is 2. The fourth-order valence-corrected chi connectivity index (χ4v) is 0.748. The number of carboxylic acid groups (broad SMARTS) is 1. The maximum absolute atomic E-state index is 10.3. The summed E-state index contributed by atoms with van der Waals surface area (Å²) in [6.07, 6.45) is 4.74. The lowest BCUT2D eigenvalue weighted by Gasteiger charge is -2.03. The normalized spacial score (nSPS) is 10.6. The van der Waals surface area contributed by atoms with Crippen molar-refractivity contribution in [2.24, 2.45) is 5.73 Å². The molecule has 1 heterocycles. The summed E-state index contributed by atoms with van der Waals surface area (Å²) in [6, 6.07) is -0.901. The minimum absolute atomic E-state index is 0. The second kappa shape index (κ2) is 7.49. The highest BCUT2D eigenvalue weighted by atomic mass is 35.5. The molecule has 0 saturated carbocycles. The van der Waals surface area contributed by atoms with Crippen molar-refractivity contribution in [3.05, 3.63) is 24.3 Å². The van der Waals surface area contributed by atoms with E-state index in [-0.39, 0.29) is 31.2 Å². The van der Waals surface area contributed by atoms with Gasteiger partial charge in [0.2, 0.25) is 0 Å². The van der Waals surface area contributed by atoms with Crippen LogP contribution in [0.1, 0.15) is 5.69 Å². The zero-order valence-electron chi connectivity index (χ0n) is 7.16. The zero-order chi connectivity index (χ0) is 8.97. The van der Waals surface area contributed by atoms with Crippen LogP contribution in [0.3, 0.4) is 0 Å². The quantitative estimate of drug-likeness (QED) is 0.791. The molecule has 0 saturated heterocycles. The predicted octanol–water partition coefficient (Wildman–Crippen LogP) is 0.275. The number of aliphatic carboxylic acids is 1. The molecular formula is C7H11Cl2N3O2. The number of hydrogen-bond donors (Lipinski definition) is 2. The fourth-order valence-electron chi connectivity index (χ4n) is 0.748. The van der Waals surface area contributed by atoms with Gasteiger partial charge < -0.3 is 10.8 Å². The van der Waals surface area contributed by atoms with Gasteiger partial charge in [-0.15, -0.1) is 24.8 Å². The second-order valence-corrected chi connectivity index (χ2v) is 2.35. The van der Waals surface area contributed by atoms with E-state index in [0.717, 1.165) is 0 Å². The first-order valence-electron chi connectivity index (χ1n) is 3.43. The number of nitrogens with zero attached hydrogens (tertiary/aromatic N) is 2. The Morgan fingerprint density at radius 2 is 2.14 bits per heavy atom. The van der Waals surface area contributed by atoms with Crippen LogP contribution in [0.2, 0.25) is 0 Å². The number of carboxylic acids is 1. The second-order valence-electron chi connectivity index (χ2n) is 2.35. The van der Waals surface area contributed by atoms with E-state index in [1.54, 1.807) is 0 Å². The molecule has 1 rings (SSSR count). The van der Waals surface area contributed by atoms with E-state index in [1.807, 2.05) is 0 Å². The predicted molar refractivity (Wildman–Crippen MR) is 55.8 cm³/mol. The van der Waals surface area contributed by atoms with Gasteiger partial charge in [-0.05, 0) is 0 Å². The Hall–Kier alpha value is -0.910. The molecule has 14 heavy (non-hydrogen) atoms. The Morgan fingerprint density at radius 3 is 2.57 bits per heavy atom. The molecule has 0 amide bonds. The van der Waals surface area contributed by atoms with Crippen molar-refractivity contribution < 1.29 is 9.90 Å². The van der Waals surface area contributed by atoms with Crippen molar-refractivity contribution in [3.63, 3.8) is 0 Å². The van der Waals surface area contributed by atoms with Crippen LogP contribution >= 0.6 is 24.8 Å². The van der Waals surface area contributed by atoms with E-state index in [0.29, 0.717) is 5.69 Å². The smallest absolute Gasteiger partial charge is 0.320 e. The lowest BCUT2D eigenvalue weighted by atomic mass is 10.2. The number of nitrogens with two attached hydrogens (primary N) is 1. The molecule has 0 unspecified atom stereocenters. The molecule has 0 aromatic carbocycles. The number of halogens is 2. The van der Waals surface area contributed by atoms with Gasteiger partial charge >= 0.3 is 5.97 Å². The molecule has 0 fully saturated rings. The van der Waals surface area contributed by atoms with Gasteiger partial charge in [-0.2, -0.15) is 0 Å². The standard InChI is InChI=1S/C7H9N3O2.2ClH/c8-6(7(11)12)3-5-4-9-1-2-10-5;;/h1-2,4,6H,3,8H2,(H,11,12);2*1H/t6-;;/m0../s1. The van der Waals surface area contributed by atoms with Gasteiger partial charge in [-0.1, -0.05) is 0 Å². The fraction of sp³-hybridized carbons (Fsp3) is 0.286. The number of carbonyl (C=O) groups is 1. The van der Waals surface area contributed by atoms with E-state index >= 15 is 0 Å². The molecule has 0 spiro atoms. The molecule has 0 aliphatic rings. The third-order valence-corrected chi connectivity index (χ3v) is 1.36. The van der Waals surface area contributed by atoms with Crippen LogP contribution in [-0.2, 0) is 11.2 Å². The van der Waals surface area contributed by atoms with Crippen LogP contribution in [0, 0.1) is 0 Å². The van der Waals surface area contributed by atoms with Gasteiger partial charge in [0, 0.05) is 25.0 Å². The van der Waals surface area contributed by atoms with Crippen LogP contribution in [0.25, 0.3) is 0 Å². The molecule has 80 valence electrons. The third-order valence-electron chi connectivity index (χ3n) is 1.36. The lowest BCUT2D eigenvalue weighted by molar-refractivity contribution is -0.138. The topological polar surface area (TPSA) is 89.1 Å². The van der Waals surface area contributed by atoms with Crippen LogP contribution in [0.5, 0.6) is 0 Å². The molecule has 0 aliphatic heterocycles. The van der Waals surface area contributed by atoms with Crippen LogP contribution < -0.4 is 5.73 Å². The van der Waals surface area contributed by atoms with Gasteiger partial charge in [-0.3, -0.25) is 14.8 Å².